The van der Waals surface area contributed by atoms with E-state index in [-0.39, 0.29) is 17.9 Å². The minimum Gasteiger partial charge on any atom is -0.341 e. The van der Waals surface area contributed by atoms with E-state index in [0.29, 0.717) is 11.6 Å². The number of halogens is 1. The first-order valence-electron chi connectivity index (χ1n) is 7.86. The molecule has 0 aliphatic carbocycles. The van der Waals surface area contributed by atoms with Crippen LogP contribution in [0.3, 0.4) is 0 Å². The molecule has 5 nitrogen and oxygen atoms in total. The number of carbonyl (C=O) groups excluding carboxylic acids is 1. The Hall–Kier alpha value is -1.14. The van der Waals surface area contributed by atoms with Crippen molar-refractivity contribution in [1.82, 2.24) is 20.7 Å². The van der Waals surface area contributed by atoms with Crippen LogP contribution in [0.25, 0.3) is 0 Å². The first kappa shape index (κ1) is 15.7. The maximum absolute atomic E-state index is 12.9. The van der Waals surface area contributed by atoms with Crippen molar-refractivity contribution in [3.05, 3.63) is 34.9 Å². The molecule has 2 atom stereocenters. The number of amides is 1. The summed E-state index contributed by atoms with van der Waals surface area (Å²) < 4.78 is 0. The minimum absolute atomic E-state index is 0.00532. The molecule has 3 rings (SSSR count). The highest BCUT2D eigenvalue weighted by atomic mass is 35.5. The van der Waals surface area contributed by atoms with Crippen LogP contribution in [0.2, 0.25) is 5.02 Å². The van der Waals surface area contributed by atoms with Gasteiger partial charge in [0, 0.05) is 31.2 Å². The van der Waals surface area contributed by atoms with E-state index in [2.05, 4.69) is 22.8 Å². The third-order valence-corrected chi connectivity index (χ3v) is 4.81. The van der Waals surface area contributed by atoms with Gasteiger partial charge in [-0.25, -0.2) is 5.43 Å². The Morgan fingerprint density at radius 2 is 1.95 bits per heavy atom. The lowest BCUT2D eigenvalue weighted by Crippen LogP contribution is -2.41. The van der Waals surface area contributed by atoms with Gasteiger partial charge in [-0.15, -0.1) is 0 Å². The van der Waals surface area contributed by atoms with Gasteiger partial charge in [0.15, 0.2) is 0 Å². The number of rotatable bonds is 2. The van der Waals surface area contributed by atoms with Gasteiger partial charge >= 0.3 is 0 Å². The zero-order valence-electron chi connectivity index (χ0n) is 12.9. The van der Waals surface area contributed by atoms with Crippen molar-refractivity contribution < 1.29 is 4.79 Å². The van der Waals surface area contributed by atoms with E-state index in [9.17, 15) is 4.79 Å². The van der Waals surface area contributed by atoms with E-state index in [0.717, 1.165) is 38.2 Å². The van der Waals surface area contributed by atoms with Crippen molar-refractivity contribution in [2.45, 2.75) is 12.5 Å². The molecule has 1 aromatic carbocycles. The summed E-state index contributed by atoms with van der Waals surface area (Å²) in [4.78, 5) is 17.2. The monoisotopic (exact) mass is 322 g/mol. The third-order valence-electron chi connectivity index (χ3n) is 4.56. The van der Waals surface area contributed by atoms with Crippen molar-refractivity contribution in [2.75, 3.05) is 39.8 Å². The Morgan fingerprint density at radius 1 is 1.18 bits per heavy atom. The quantitative estimate of drug-likeness (QED) is 0.861. The lowest BCUT2D eigenvalue weighted by atomic mass is 9.93. The molecule has 0 aromatic heterocycles. The molecule has 1 amide bonds. The Kier molecular flexibility index (Phi) is 4.98. The highest BCUT2D eigenvalue weighted by Gasteiger charge is 2.36. The Labute approximate surface area is 136 Å². The predicted octanol–water partition coefficient (Wildman–Crippen LogP) is 1.27. The van der Waals surface area contributed by atoms with Crippen LogP contribution in [0.5, 0.6) is 0 Å². The van der Waals surface area contributed by atoms with Crippen LogP contribution >= 0.6 is 11.6 Å². The molecule has 0 bridgehead atoms. The van der Waals surface area contributed by atoms with E-state index >= 15 is 0 Å². The van der Waals surface area contributed by atoms with Crippen LogP contribution in [0.4, 0.5) is 0 Å². The summed E-state index contributed by atoms with van der Waals surface area (Å²) in [5.74, 6) is 0.178. The number of hydrogen-bond acceptors (Lipinski definition) is 4. The van der Waals surface area contributed by atoms with Crippen LogP contribution in [0.15, 0.2) is 24.3 Å². The van der Waals surface area contributed by atoms with Gasteiger partial charge in [0.05, 0.1) is 12.0 Å². The van der Waals surface area contributed by atoms with Crippen LogP contribution in [-0.4, -0.2) is 55.5 Å². The van der Waals surface area contributed by atoms with Crippen LogP contribution in [0.1, 0.15) is 18.0 Å². The minimum atomic E-state index is -0.0652. The molecular formula is C16H23ClN4O. The number of nitrogens with one attached hydrogen (secondary N) is 2. The average molecular weight is 323 g/mol. The van der Waals surface area contributed by atoms with E-state index in [1.807, 2.05) is 29.2 Å². The van der Waals surface area contributed by atoms with Gasteiger partial charge in [0.25, 0.3) is 0 Å². The Bertz CT molecular complexity index is 521. The van der Waals surface area contributed by atoms with E-state index in [1.165, 1.54) is 0 Å². The molecule has 2 heterocycles. The lowest BCUT2D eigenvalue weighted by Gasteiger charge is -2.26. The molecule has 1 aromatic rings. The van der Waals surface area contributed by atoms with Gasteiger partial charge in [0.1, 0.15) is 0 Å². The molecule has 2 unspecified atom stereocenters. The van der Waals surface area contributed by atoms with E-state index < -0.39 is 0 Å². The first-order chi connectivity index (χ1) is 10.6. The number of carbonyl (C=O) groups is 1. The van der Waals surface area contributed by atoms with Crippen molar-refractivity contribution in [1.29, 1.82) is 0 Å². The van der Waals surface area contributed by atoms with Gasteiger partial charge in [0.2, 0.25) is 5.91 Å². The van der Waals surface area contributed by atoms with Crippen LogP contribution < -0.4 is 10.9 Å². The Balaban J connectivity index is 1.72. The fourth-order valence-electron chi connectivity index (χ4n) is 3.21. The highest BCUT2D eigenvalue weighted by molar-refractivity contribution is 6.30. The molecule has 0 saturated carbocycles. The summed E-state index contributed by atoms with van der Waals surface area (Å²) >= 11 is 5.95. The zero-order chi connectivity index (χ0) is 15.5. The van der Waals surface area contributed by atoms with Gasteiger partial charge in [-0.1, -0.05) is 23.7 Å². The lowest BCUT2D eigenvalue weighted by molar-refractivity contribution is -0.135. The van der Waals surface area contributed by atoms with Gasteiger partial charge in [-0.05, 0) is 37.7 Å². The second-order valence-corrected chi connectivity index (χ2v) is 6.58. The molecule has 22 heavy (non-hydrogen) atoms. The Morgan fingerprint density at radius 3 is 2.73 bits per heavy atom. The number of benzene rings is 1. The van der Waals surface area contributed by atoms with Gasteiger partial charge in [-0.3, -0.25) is 10.2 Å². The predicted molar refractivity (Wildman–Crippen MR) is 87.5 cm³/mol. The second kappa shape index (κ2) is 6.96. The normalized spacial score (nSPS) is 26.9. The second-order valence-electron chi connectivity index (χ2n) is 6.14. The summed E-state index contributed by atoms with van der Waals surface area (Å²) in [5.41, 5.74) is 7.47. The van der Waals surface area contributed by atoms with Crippen molar-refractivity contribution in [3.8, 4) is 0 Å². The van der Waals surface area contributed by atoms with Gasteiger partial charge in [-0.2, -0.15) is 0 Å². The molecule has 2 fully saturated rings. The molecule has 2 aliphatic heterocycles. The molecule has 2 aliphatic rings. The number of hydrogen-bond donors (Lipinski definition) is 2. The summed E-state index contributed by atoms with van der Waals surface area (Å²) in [6.45, 7) is 4.35. The highest BCUT2D eigenvalue weighted by Crippen LogP contribution is 2.27. The maximum Gasteiger partial charge on any atom is 0.229 e. The summed E-state index contributed by atoms with van der Waals surface area (Å²) in [5, 5.41) is 0.716. The SMILES string of the molecule is CN1CCCN(C(=O)C2CNNC2c2ccc(Cl)cc2)CC1. The molecule has 2 N–H and O–H groups in total. The van der Waals surface area contributed by atoms with E-state index in [4.69, 9.17) is 11.6 Å². The molecule has 2 saturated heterocycles. The molecular weight excluding hydrogens is 300 g/mol. The largest absolute Gasteiger partial charge is 0.341 e. The number of likely N-dealkylation sites (N-methyl/N-ethyl adjacent to an activating group) is 1. The van der Waals surface area contributed by atoms with Crippen molar-refractivity contribution in [2.24, 2.45) is 5.92 Å². The van der Waals surface area contributed by atoms with Crippen molar-refractivity contribution >= 4 is 17.5 Å². The maximum atomic E-state index is 12.9. The van der Waals surface area contributed by atoms with Gasteiger partial charge < -0.3 is 9.80 Å². The summed E-state index contributed by atoms with van der Waals surface area (Å²) in [6.07, 6.45) is 1.04. The number of hydrazine groups is 1. The average Bonchev–Trinajstić information content (AvgIpc) is 2.90. The number of nitrogens with zero attached hydrogens (tertiary/aromatic N) is 2. The summed E-state index contributed by atoms with van der Waals surface area (Å²) in [6, 6.07) is 7.73. The summed E-state index contributed by atoms with van der Waals surface area (Å²) in [7, 11) is 2.11. The first-order valence-corrected chi connectivity index (χ1v) is 8.24. The fourth-order valence-corrected chi connectivity index (χ4v) is 3.34. The third kappa shape index (κ3) is 3.43. The van der Waals surface area contributed by atoms with E-state index in [1.54, 1.807) is 0 Å². The van der Waals surface area contributed by atoms with Crippen LogP contribution in [-0.2, 0) is 4.79 Å². The van der Waals surface area contributed by atoms with Crippen molar-refractivity contribution in [3.63, 3.8) is 0 Å². The van der Waals surface area contributed by atoms with Crippen LogP contribution in [0, 0.1) is 5.92 Å². The molecule has 120 valence electrons. The molecule has 6 heteroatoms. The fraction of sp³-hybridized carbons (Fsp3) is 0.562. The topological polar surface area (TPSA) is 47.6 Å². The molecule has 0 radical (unpaired) electrons. The standard InChI is InChI=1S/C16H23ClN4O/c1-20-7-2-8-21(10-9-20)16(22)14-11-18-19-15(14)12-3-5-13(17)6-4-12/h3-6,14-15,18-19H,2,7-11H2,1H3. The zero-order valence-corrected chi connectivity index (χ0v) is 13.6. The molecule has 0 spiro atoms. The smallest absolute Gasteiger partial charge is 0.229 e.